The first kappa shape index (κ1) is 17.2. The van der Waals surface area contributed by atoms with E-state index in [1.807, 2.05) is 13.8 Å². The molecule has 0 spiro atoms. The number of aromatic nitrogens is 1. The molecular formula is C17H18ClFN2O2. The van der Waals surface area contributed by atoms with Gasteiger partial charge in [0, 0.05) is 24.3 Å². The summed E-state index contributed by atoms with van der Waals surface area (Å²) < 4.78 is 13.9. The number of nitrogens with one attached hydrogen (secondary N) is 1. The van der Waals surface area contributed by atoms with Gasteiger partial charge in [0.05, 0.1) is 5.02 Å². The predicted octanol–water partition coefficient (Wildman–Crippen LogP) is 3.61. The second-order valence-corrected chi connectivity index (χ2v) is 5.78. The quantitative estimate of drug-likeness (QED) is 0.906. The topological polar surface area (TPSA) is 53.2 Å². The Morgan fingerprint density at radius 3 is 2.74 bits per heavy atom. The molecule has 1 N–H and O–H groups in total. The third-order valence-electron chi connectivity index (χ3n) is 3.78. The highest BCUT2D eigenvalue weighted by atomic mass is 35.5. The van der Waals surface area contributed by atoms with E-state index in [9.17, 15) is 14.0 Å². The van der Waals surface area contributed by atoms with Crippen molar-refractivity contribution in [3.8, 4) is 0 Å². The van der Waals surface area contributed by atoms with Gasteiger partial charge in [0.25, 0.3) is 11.5 Å². The van der Waals surface area contributed by atoms with Crippen LogP contribution in [0.3, 0.4) is 0 Å². The minimum absolute atomic E-state index is 0.0471. The first-order valence-electron chi connectivity index (χ1n) is 7.36. The van der Waals surface area contributed by atoms with Crippen molar-refractivity contribution in [2.75, 3.05) is 0 Å². The number of hydrogen-bond donors (Lipinski definition) is 1. The van der Waals surface area contributed by atoms with E-state index in [0.717, 1.165) is 0 Å². The Morgan fingerprint density at radius 1 is 1.39 bits per heavy atom. The van der Waals surface area contributed by atoms with Crippen LogP contribution in [0.25, 0.3) is 0 Å². The fourth-order valence-electron chi connectivity index (χ4n) is 2.23. The van der Waals surface area contributed by atoms with Gasteiger partial charge in [-0.2, -0.15) is 0 Å². The molecule has 6 heteroatoms. The van der Waals surface area contributed by atoms with Crippen LogP contribution in [-0.2, 0) is 6.54 Å². The number of aromatic amines is 1. The van der Waals surface area contributed by atoms with E-state index in [4.69, 9.17) is 11.6 Å². The molecule has 0 radical (unpaired) electrons. The molecule has 1 heterocycles. The molecule has 122 valence electrons. The lowest BCUT2D eigenvalue weighted by atomic mass is 10.1. The van der Waals surface area contributed by atoms with Crippen molar-refractivity contribution in [3.63, 3.8) is 0 Å². The van der Waals surface area contributed by atoms with Crippen molar-refractivity contribution in [2.24, 2.45) is 0 Å². The molecule has 1 aromatic heterocycles. The number of benzene rings is 1. The highest BCUT2D eigenvalue weighted by Crippen LogP contribution is 2.17. The van der Waals surface area contributed by atoms with Crippen LogP contribution in [0.15, 0.2) is 41.3 Å². The normalized spacial score (nSPS) is 12.0. The molecule has 0 aliphatic heterocycles. The molecular weight excluding hydrogens is 319 g/mol. The molecule has 23 heavy (non-hydrogen) atoms. The van der Waals surface area contributed by atoms with E-state index in [2.05, 4.69) is 4.98 Å². The summed E-state index contributed by atoms with van der Waals surface area (Å²) in [5, 5.41) is 0.267. The lowest BCUT2D eigenvalue weighted by Gasteiger charge is -2.28. The van der Waals surface area contributed by atoms with Gasteiger partial charge in [0.2, 0.25) is 0 Å². The van der Waals surface area contributed by atoms with Crippen LogP contribution in [0.5, 0.6) is 0 Å². The fraction of sp³-hybridized carbons (Fsp3) is 0.294. The molecule has 2 aromatic rings. The highest BCUT2D eigenvalue weighted by Gasteiger charge is 2.24. The largest absolute Gasteiger partial charge is 0.331 e. The summed E-state index contributed by atoms with van der Waals surface area (Å²) in [5.41, 5.74) is -0.157. The molecule has 1 atom stereocenters. The Kier molecular flexibility index (Phi) is 5.55. The van der Waals surface area contributed by atoms with Crippen LogP contribution in [0.1, 0.15) is 36.2 Å². The van der Waals surface area contributed by atoms with Crippen LogP contribution in [0.4, 0.5) is 4.39 Å². The number of carbonyl (C=O) groups excluding carboxylic acids is 1. The van der Waals surface area contributed by atoms with Gasteiger partial charge in [-0.15, -0.1) is 0 Å². The maximum absolute atomic E-state index is 13.9. The summed E-state index contributed by atoms with van der Waals surface area (Å²) in [6, 6.07) is 7.46. The summed E-state index contributed by atoms with van der Waals surface area (Å²) in [5.74, 6) is -0.847. The molecule has 1 amide bonds. The summed E-state index contributed by atoms with van der Waals surface area (Å²) >= 11 is 5.86. The lowest BCUT2D eigenvalue weighted by molar-refractivity contribution is 0.0667. The van der Waals surface area contributed by atoms with Crippen LogP contribution in [-0.4, -0.2) is 21.8 Å². The number of amides is 1. The molecule has 0 bridgehead atoms. The summed E-state index contributed by atoms with van der Waals surface area (Å²) in [6.07, 6.45) is 2.00. The maximum atomic E-state index is 13.9. The van der Waals surface area contributed by atoms with E-state index in [1.54, 1.807) is 18.2 Å². The number of pyridine rings is 1. The Balaban J connectivity index is 2.39. The first-order chi connectivity index (χ1) is 10.9. The molecule has 1 aromatic carbocycles. The number of H-pyrrole nitrogens is 1. The molecule has 0 saturated heterocycles. The Labute approximate surface area is 138 Å². The van der Waals surface area contributed by atoms with Crippen LogP contribution < -0.4 is 5.56 Å². The highest BCUT2D eigenvalue weighted by molar-refractivity contribution is 6.30. The van der Waals surface area contributed by atoms with Gasteiger partial charge in [0.15, 0.2) is 0 Å². The smallest absolute Gasteiger partial charge is 0.260 e. The summed E-state index contributed by atoms with van der Waals surface area (Å²) in [7, 11) is 0. The van der Waals surface area contributed by atoms with Crippen LogP contribution in [0.2, 0.25) is 5.02 Å². The van der Waals surface area contributed by atoms with Crippen molar-refractivity contribution in [1.82, 2.24) is 9.88 Å². The zero-order valence-corrected chi connectivity index (χ0v) is 13.7. The van der Waals surface area contributed by atoms with Gasteiger partial charge >= 0.3 is 0 Å². The van der Waals surface area contributed by atoms with Crippen molar-refractivity contribution in [2.45, 2.75) is 32.9 Å². The van der Waals surface area contributed by atoms with Gasteiger partial charge in [-0.25, -0.2) is 4.39 Å². The Morgan fingerprint density at radius 2 is 2.09 bits per heavy atom. The Hall–Kier alpha value is -2.14. The van der Waals surface area contributed by atoms with Crippen molar-refractivity contribution in [3.05, 3.63) is 68.8 Å². The molecule has 0 unspecified atom stereocenters. The van der Waals surface area contributed by atoms with E-state index in [0.29, 0.717) is 12.0 Å². The zero-order valence-electron chi connectivity index (χ0n) is 13.0. The van der Waals surface area contributed by atoms with Gasteiger partial charge in [-0.1, -0.05) is 36.7 Å². The second kappa shape index (κ2) is 7.42. The number of hydrogen-bond acceptors (Lipinski definition) is 2. The molecule has 0 fully saturated rings. The van der Waals surface area contributed by atoms with Crippen molar-refractivity contribution in [1.29, 1.82) is 0 Å². The zero-order chi connectivity index (χ0) is 17.0. The lowest BCUT2D eigenvalue weighted by Crippen LogP contribution is -2.40. The van der Waals surface area contributed by atoms with Gasteiger partial charge in [0.1, 0.15) is 11.4 Å². The number of halogens is 2. The molecule has 0 saturated carbocycles. The van der Waals surface area contributed by atoms with Gasteiger partial charge < -0.3 is 9.88 Å². The van der Waals surface area contributed by atoms with Crippen molar-refractivity contribution < 1.29 is 9.18 Å². The average Bonchev–Trinajstić information content (AvgIpc) is 2.55. The maximum Gasteiger partial charge on any atom is 0.260 e. The Bertz CT molecular complexity index is 760. The van der Waals surface area contributed by atoms with Gasteiger partial charge in [-0.05, 0) is 25.5 Å². The molecule has 0 aliphatic carbocycles. The number of rotatable bonds is 5. The van der Waals surface area contributed by atoms with E-state index >= 15 is 0 Å². The van der Waals surface area contributed by atoms with E-state index in [1.165, 1.54) is 23.2 Å². The van der Waals surface area contributed by atoms with E-state index in [-0.39, 0.29) is 29.0 Å². The monoisotopic (exact) mass is 336 g/mol. The van der Waals surface area contributed by atoms with Gasteiger partial charge in [-0.3, -0.25) is 9.59 Å². The minimum Gasteiger partial charge on any atom is -0.331 e. The molecule has 0 aliphatic rings. The second-order valence-electron chi connectivity index (χ2n) is 5.34. The summed E-state index contributed by atoms with van der Waals surface area (Å²) in [4.78, 5) is 28.6. The minimum atomic E-state index is -0.513. The average molecular weight is 337 g/mol. The number of nitrogens with zero attached hydrogens (tertiary/aromatic N) is 1. The van der Waals surface area contributed by atoms with E-state index < -0.39 is 11.5 Å². The SMILES string of the molecule is CC[C@@H](C)N(Cc1ccccc1F)C(=O)c1cc(Cl)c[nH]c1=O. The third-order valence-corrected chi connectivity index (χ3v) is 4.00. The van der Waals surface area contributed by atoms with Crippen LogP contribution >= 0.6 is 11.6 Å². The fourth-order valence-corrected chi connectivity index (χ4v) is 2.39. The first-order valence-corrected chi connectivity index (χ1v) is 7.74. The summed E-state index contributed by atoms with van der Waals surface area (Å²) in [6.45, 7) is 3.87. The van der Waals surface area contributed by atoms with Crippen molar-refractivity contribution >= 4 is 17.5 Å². The standard InChI is InChI=1S/C17H18ClFN2O2/c1-3-11(2)21(10-12-6-4-5-7-15(12)19)17(23)14-8-13(18)9-20-16(14)22/h4-9,11H,3,10H2,1-2H3,(H,20,22)/t11-/m1/s1. The predicted molar refractivity (Wildman–Crippen MR) is 88.1 cm³/mol. The van der Waals surface area contributed by atoms with Crippen LogP contribution in [0, 0.1) is 5.82 Å². The molecule has 2 rings (SSSR count). The number of carbonyl (C=O) groups is 1. The third kappa shape index (κ3) is 3.99. The molecule has 4 nitrogen and oxygen atoms in total.